The van der Waals surface area contributed by atoms with Gasteiger partial charge in [-0.25, -0.2) is 0 Å². The van der Waals surface area contributed by atoms with Crippen molar-refractivity contribution in [1.82, 2.24) is 15.2 Å². The number of hydrogen-bond donors (Lipinski definition) is 2. The van der Waals surface area contributed by atoms with E-state index in [-0.39, 0.29) is 0 Å². The van der Waals surface area contributed by atoms with E-state index in [2.05, 4.69) is 46.4 Å². The first-order valence-electron chi connectivity index (χ1n) is 7.34. The maximum Gasteiger partial charge on any atom is 0.0457 e. The highest BCUT2D eigenvalue weighted by Crippen LogP contribution is 2.16. The second kappa shape index (κ2) is 5.76. The Hall–Kier alpha value is -1.32. The zero-order chi connectivity index (χ0) is 13.1. The van der Waals surface area contributed by atoms with E-state index in [9.17, 15) is 0 Å². The molecule has 102 valence electrons. The number of fused-ring (bicyclic) bond motifs is 1. The molecule has 0 bridgehead atoms. The molecule has 2 N–H and O–H groups in total. The molecule has 2 aromatic rings. The second-order valence-corrected chi connectivity index (χ2v) is 5.58. The highest BCUT2D eigenvalue weighted by atomic mass is 15.1. The maximum atomic E-state index is 3.60. The smallest absolute Gasteiger partial charge is 0.0457 e. The summed E-state index contributed by atoms with van der Waals surface area (Å²) >= 11 is 0. The van der Waals surface area contributed by atoms with Crippen molar-refractivity contribution < 1.29 is 0 Å². The van der Waals surface area contributed by atoms with Crippen LogP contribution in [-0.4, -0.2) is 36.1 Å². The molecule has 0 amide bonds. The van der Waals surface area contributed by atoms with Gasteiger partial charge in [-0.3, -0.25) is 0 Å². The van der Waals surface area contributed by atoms with E-state index in [1.54, 1.807) is 0 Å². The summed E-state index contributed by atoms with van der Waals surface area (Å²) in [5.74, 6) is 0.828. The number of likely N-dealkylation sites (tertiary alicyclic amines) is 1. The van der Waals surface area contributed by atoms with E-state index in [1.807, 2.05) is 6.20 Å². The number of H-pyrrole nitrogens is 1. The van der Waals surface area contributed by atoms with Crippen LogP contribution in [-0.2, 0) is 6.54 Å². The normalized spacial score (nSPS) is 20.4. The van der Waals surface area contributed by atoms with E-state index in [0.717, 1.165) is 19.0 Å². The quantitative estimate of drug-likeness (QED) is 0.862. The van der Waals surface area contributed by atoms with Crippen molar-refractivity contribution in [2.24, 2.45) is 5.92 Å². The fourth-order valence-electron chi connectivity index (χ4n) is 2.99. The summed E-state index contributed by atoms with van der Waals surface area (Å²) in [6.45, 7) is 8.09. The molecular formula is C16H23N3. The van der Waals surface area contributed by atoms with Gasteiger partial charge in [0, 0.05) is 24.8 Å². The lowest BCUT2D eigenvalue weighted by atomic mass is 10.1. The average molecular weight is 257 g/mol. The Bertz CT molecular complexity index is 532. The predicted octanol–water partition coefficient (Wildman–Crippen LogP) is 2.60. The summed E-state index contributed by atoms with van der Waals surface area (Å²) < 4.78 is 0. The Labute approximate surface area is 115 Å². The van der Waals surface area contributed by atoms with E-state index >= 15 is 0 Å². The van der Waals surface area contributed by atoms with Crippen molar-refractivity contribution in [3.63, 3.8) is 0 Å². The number of nitrogens with zero attached hydrogens (tertiary/aromatic N) is 1. The Kier molecular flexibility index (Phi) is 3.85. The van der Waals surface area contributed by atoms with Crippen LogP contribution in [0.2, 0.25) is 0 Å². The van der Waals surface area contributed by atoms with E-state index in [1.165, 1.54) is 42.5 Å². The number of benzene rings is 1. The van der Waals surface area contributed by atoms with Crippen molar-refractivity contribution in [2.45, 2.75) is 19.9 Å². The number of rotatable bonds is 5. The summed E-state index contributed by atoms with van der Waals surface area (Å²) in [4.78, 5) is 5.81. The highest BCUT2D eigenvalue weighted by Gasteiger charge is 2.20. The van der Waals surface area contributed by atoms with Crippen LogP contribution in [0.25, 0.3) is 10.9 Å². The van der Waals surface area contributed by atoms with Crippen LogP contribution in [0.4, 0.5) is 0 Å². The molecule has 1 unspecified atom stereocenters. The minimum absolute atomic E-state index is 0.828. The molecule has 1 aliphatic heterocycles. The zero-order valence-corrected chi connectivity index (χ0v) is 11.7. The Morgan fingerprint density at radius 1 is 1.37 bits per heavy atom. The molecule has 3 nitrogen and oxygen atoms in total. The molecule has 1 saturated heterocycles. The number of hydrogen-bond acceptors (Lipinski definition) is 2. The Morgan fingerprint density at radius 3 is 3.16 bits per heavy atom. The van der Waals surface area contributed by atoms with E-state index < -0.39 is 0 Å². The molecular weight excluding hydrogens is 234 g/mol. The standard InChI is InChI=1S/C16H23N3/c1-2-19-8-6-14(12-19)11-17-10-13-3-4-15-5-7-18-16(15)9-13/h3-5,7,9,14,17-18H,2,6,8,10-12H2,1H3. The predicted molar refractivity (Wildman–Crippen MR) is 80.2 cm³/mol. The molecule has 19 heavy (non-hydrogen) atoms. The van der Waals surface area contributed by atoms with Crippen LogP contribution in [0.1, 0.15) is 18.9 Å². The fourth-order valence-corrected chi connectivity index (χ4v) is 2.99. The zero-order valence-electron chi connectivity index (χ0n) is 11.7. The minimum Gasteiger partial charge on any atom is -0.361 e. The first kappa shape index (κ1) is 12.7. The van der Waals surface area contributed by atoms with Crippen molar-refractivity contribution in [2.75, 3.05) is 26.2 Å². The SMILES string of the molecule is CCN1CCC(CNCc2ccc3cc[nH]c3c2)C1. The summed E-state index contributed by atoms with van der Waals surface area (Å²) in [6.07, 6.45) is 3.34. The van der Waals surface area contributed by atoms with Gasteiger partial charge in [-0.15, -0.1) is 0 Å². The summed E-state index contributed by atoms with van der Waals surface area (Å²) in [7, 11) is 0. The lowest BCUT2D eigenvalue weighted by Crippen LogP contribution is -2.26. The molecule has 0 saturated carbocycles. The van der Waals surface area contributed by atoms with Crippen molar-refractivity contribution >= 4 is 10.9 Å². The molecule has 0 aliphatic carbocycles. The van der Waals surface area contributed by atoms with Gasteiger partial charge in [-0.1, -0.05) is 19.1 Å². The molecule has 3 heteroatoms. The van der Waals surface area contributed by atoms with Crippen LogP contribution in [0.3, 0.4) is 0 Å². The molecule has 3 rings (SSSR count). The first-order chi connectivity index (χ1) is 9.35. The van der Waals surface area contributed by atoms with Gasteiger partial charge in [0.15, 0.2) is 0 Å². The first-order valence-corrected chi connectivity index (χ1v) is 7.34. The van der Waals surface area contributed by atoms with Crippen LogP contribution >= 0.6 is 0 Å². The number of aromatic nitrogens is 1. The van der Waals surface area contributed by atoms with Crippen molar-refractivity contribution in [3.8, 4) is 0 Å². The molecule has 1 fully saturated rings. The summed E-state index contributed by atoms with van der Waals surface area (Å²) in [5, 5.41) is 4.89. The van der Waals surface area contributed by atoms with Gasteiger partial charge in [0.25, 0.3) is 0 Å². The van der Waals surface area contributed by atoms with Gasteiger partial charge in [0.1, 0.15) is 0 Å². The van der Waals surface area contributed by atoms with Gasteiger partial charge in [0.2, 0.25) is 0 Å². The maximum absolute atomic E-state index is 3.60. The van der Waals surface area contributed by atoms with Crippen molar-refractivity contribution in [1.29, 1.82) is 0 Å². The Morgan fingerprint density at radius 2 is 2.32 bits per heavy atom. The second-order valence-electron chi connectivity index (χ2n) is 5.58. The molecule has 1 aromatic heterocycles. The minimum atomic E-state index is 0.828. The van der Waals surface area contributed by atoms with Gasteiger partial charge < -0.3 is 15.2 Å². The van der Waals surface area contributed by atoms with Gasteiger partial charge in [0.05, 0.1) is 0 Å². The lowest BCUT2D eigenvalue weighted by Gasteiger charge is -2.13. The van der Waals surface area contributed by atoms with Crippen LogP contribution < -0.4 is 5.32 Å². The molecule has 0 spiro atoms. The molecule has 1 aliphatic rings. The van der Waals surface area contributed by atoms with Gasteiger partial charge in [-0.05, 0) is 55.1 Å². The highest BCUT2D eigenvalue weighted by molar-refractivity contribution is 5.79. The molecule has 1 atom stereocenters. The topological polar surface area (TPSA) is 31.1 Å². The molecule has 1 aromatic carbocycles. The number of nitrogens with one attached hydrogen (secondary N) is 2. The van der Waals surface area contributed by atoms with Gasteiger partial charge in [-0.2, -0.15) is 0 Å². The molecule has 0 radical (unpaired) electrons. The van der Waals surface area contributed by atoms with Crippen LogP contribution in [0, 0.1) is 5.92 Å². The monoisotopic (exact) mass is 257 g/mol. The largest absolute Gasteiger partial charge is 0.361 e. The third-order valence-electron chi connectivity index (χ3n) is 4.20. The molecule has 2 heterocycles. The van der Waals surface area contributed by atoms with E-state index in [4.69, 9.17) is 0 Å². The fraction of sp³-hybridized carbons (Fsp3) is 0.500. The third kappa shape index (κ3) is 2.99. The van der Waals surface area contributed by atoms with Crippen LogP contribution in [0.15, 0.2) is 30.5 Å². The summed E-state index contributed by atoms with van der Waals surface area (Å²) in [6, 6.07) is 8.77. The van der Waals surface area contributed by atoms with Gasteiger partial charge >= 0.3 is 0 Å². The Balaban J connectivity index is 1.49. The number of aromatic amines is 1. The third-order valence-corrected chi connectivity index (χ3v) is 4.20. The van der Waals surface area contributed by atoms with Crippen molar-refractivity contribution in [3.05, 3.63) is 36.0 Å². The average Bonchev–Trinajstić information content (AvgIpc) is 3.06. The summed E-state index contributed by atoms with van der Waals surface area (Å²) in [5.41, 5.74) is 2.60. The van der Waals surface area contributed by atoms with E-state index in [0.29, 0.717) is 0 Å². The van der Waals surface area contributed by atoms with Crippen LogP contribution in [0.5, 0.6) is 0 Å². The lowest BCUT2D eigenvalue weighted by molar-refractivity contribution is 0.339.